The predicted octanol–water partition coefficient (Wildman–Crippen LogP) is 2.90. The third kappa shape index (κ3) is 2.50. The number of rotatable bonds is 4. The molecule has 0 aliphatic carbocycles. The molecule has 0 saturated carbocycles. The lowest BCUT2D eigenvalue weighted by Gasteiger charge is -2.16. The fourth-order valence-electron chi connectivity index (χ4n) is 2.68. The maximum atomic E-state index is 12.6. The second kappa shape index (κ2) is 6.27. The first-order valence-corrected chi connectivity index (χ1v) is 7.30. The largest absolute Gasteiger partial charge is 0.507 e. The van der Waals surface area contributed by atoms with Crippen molar-refractivity contribution in [3.63, 3.8) is 0 Å². The number of methoxy groups -OCH3 is 3. The van der Waals surface area contributed by atoms with Crippen molar-refractivity contribution in [2.75, 3.05) is 21.3 Å². The number of phenolic OH excluding ortho intramolecular Hbond substituents is 2. The van der Waals surface area contributed by atoms with Crippen molar-refractivity contribution in [3.8, 4) is 40.1 Å². The number of para-hydroxylation sites is 1. The molecule has 0 bridgehead atoms. The molecule has 0 saturated heterocycles. The van der Waals surface area contributed by atoms with Crippen molar-refractivity contribution in [3.05, 3.63) is 40.6 Å². The normalized spacial score (nSPS) is 10.7. The third-order valence-corrected chi connectivity index (χ3v) is 3.80. The molecule has 0 unspecified atom stereocenters. The molecule has 7 heteroatoms. The van der Waals surface area contributed by atoms with Crippen LogP contribution in [-0.4, -0.2) is 31.5 Å². The molecule has 1 aromatic heterocycles. The molecule has 0 spiro atoms. The molecule has 2 aromatic carbocycles. The summed E-state index contributed by atoms with van der Waals surface area (Å²) < 4.78 is 21.5. The van der Waals surface area contributed by atoms with Crippen LogP contribution in [-0.2, 0) is 0 Å². The van der Waals surface area contributed by atoms with E-state index in [1.807, 2.05) is 0 Å². The zero-order valence-electron chi connectivity index (χ0n) is 13.8. The van der Waals surface area contributed by atoms with Gasteiger partial charge in [-0.3, -0.25) is 4.79 Å². The monoisotopic (exact) mass is 344 g/mol. The van der Waals surface area contributed by atoms with E-state index in [1.54, 1.807) is 18.2 Å². The van der Waals surface area contributed by atoms with E-state index in [0.717, 1.165) is 0 Å². The minimum absolute atomic E-state index is 0.0107. The fourth-order valence-corrected chi connectivity index (χ4v) is 2.68. The molecule has 0 aliphatic rings. The van der Waals surface area contributed by atoms with Crippen LogP contribution in [0.15, 0.2) is 39.5 Å². The van der Waals surface area contributed by atoms with Crippen LogP contribution in [0.2, 0.25) is 0 Å². The summed E-state index contributed by atoms with van der Waals surface area (Å²) in [6, 6.07) is 7.61. The van der Waals surface area contributed by atoms with Gasteiger partial charge in [-0.15, -0.1) is 0 Å². The van der Waals surface area contributed by atoms with Gasteiger partial charge in [-0.05, 0) is 12.1 Å². The molecule has 2 N–H and O–H groups in total. The van der Waals surface area contributed by atoms with Crippen LogP contribution in [0, 0.1) is 0 Å². The van der Waals surface area contributed by atoms with Gasteiger partial charge in [-0.1, -0.05) is 12.1 Å². The Morgan fingerprint density at radius 1 is 0.920 bits per heavy atom. The molecule has 1 heterocycles. The van der Waals surface area contributed by atoms with Crippen molar-refractivity contribution in [2.24, 2.45) is 0 Å². The van der Waals surface area contributed by atoms with E-state index in [1.165, 1.54) is 33.5 Å². The second-order valence-corrected chi connectivity index (χ2v) is 5.14. The van der Waals surface area contributed by atoms with Gasteiger partial charge >= 0.3 is 0 Å². The topological polar surface area (TPSA) is 98.4 Å². The molecule has 3 rings (SSSR count). The van der Waals surface area contributed by atoms with E-state index >= 15 is 0 Å². The van der Waals surface area contributed by atoms with E-state index < -0.39 is 11.2 Å². The Labute approximate surface area is 142 Å². The molecule has 0 fully saturated rings. The van der Waals surface area contributed by atoms with Crippen molar-refractivity contribution >= 4 is 11.0 Å². The highest BCUT2D eigenvalue weighted by Gasteiger charge is 2.26. The Balaban J connectivity index is 2.46. The molecule has 0 amide bonds. The molecule has 25 heavy (non-hydrogen) atoms. The van der Waals surface area contributed by atoms with Crippen LogP contribution in [0.3, 0.4) is 0 Å². The van der Waals surface area contributed by atoms with Gasteiger partial charge in [0.15, 0.2) is 16.8 Å². The Kier molecular flexibility index (Phi) is 4.14. The Morgan fingerprint density at radius 2 is 1.56 bits per heavy atom. The lowest BCUT2D eigenvalue weighted by molar-refractivity contribution is 0.311. The summed E-state index contributed by atoms with van der Waals surface area (Å²) in [5.41, 5.74) is -0.197. The standard InChI is InChI=1S/C18H16O7/c1-22-16-14(21)13-11(20)8-12(9-6-4-5-7-10(9)19)25-15(13)17(23-2)18(16)24-3/h4-8,19,21H,1-3H3. The molecule has 0 radical (unpaired) electrons. The average Bonchev–Trinajstić information content (AvgIpc) is 2.61. The Morgan fingerprint density at radius 3 is 2.16 bits per heavy atom. The molecular formula is C18H16O7. The second-order valence-electron chi connectivity index (χ2n) is 5.14. The van der Waals surface area contributed by atoms with E-state index in [4.69, 9.17) is 18.6 Å². The first kappa shape index (κ1) is 16.5. The summed E-state index contributed by atoms with van der Waals surface area (Å²) in [4.78, 5) is 12.6. The number of fused-ring (bicyclic) bond motifs is 1. The summed E-state index contributed by atoms with van der Waals surface area (Å²) in [7, 11) is 4.08. The van der Waals surface area contributed by atoms with E-state index in [9.17, 15) is 15.0 Å². The SMILES string of the molecule is COc1c(OC)c(O)c2c(=O)cc(-c3ccccc3O)oc2c1OC. The maximum Gasteiger partial charge on any atom is 0.211 e. The fraction of sp³-hybridized carbons (Fsp3) is 0.167. The van der Waals surface area contributed by atoms with Crippen LogP contribution < -0.4 is 19.6 Å². The maximum absolute atomic E-state index is 12.6. The highest BCUT2D eigenvalue weighted by atomic mass is 16.5. The number of hydrogen-bond acceptors (Lipinski definition) is 7. The zero-order valence-corrected chi connectivity index (χ0v) is 13.8. The molecule has 0 aliphatic heterocycles. The van der Waals surface area contributed by atoms with E-state index in [-0.39, 0.29) is 39.7 Å². The van der Waals surface area contributed by atoms with Gasteiger partial charge in [0.2, 0.25) is 17.2 Å². The van der Waals surface area contributed by atoms with Crippen molar-refractivity contribution in [2.45, 2.75) is 0 Å². The van der Waals surface area contributed by atoms with Gasteiger partial charge in [0.1, 0.15) is 16.9 Å². The van der Waals surface area contributed by atoms with Crippen LogP contribution in [0.4, 0.5) is 0 Å². The van der Waals surface area contributed by atoms with Gasteiger partial charge in [0, 0.05) is 6.07 Å². The van der Waals surface area contributed by atoms with Crippen molar-refractivity contribution < 1.29 is 28.8 Å². The molecule has 7 nitrogen and oxygen atoms in total. The summed E-state index contributed by atoms with van der Waals surface area (Å²) in [6.07, 6.45) is 0. The van der Waals surface area contributed by atoms with E-state index in [0.29, 0.717) is 5.56 Å². The average molecular weight is 344 g/mol. The zero-order chi connectivity index (χ0) is 18.1. The predicted molar refractivity (Wildman–Crippen MR) is 90.9 cm³/mol. The Hall–Kier alpha value is -3.35. The van der Waals surface area contributed by atoms with Gasteiger partial charge in [-0.2, -0.15) is 0 Å². The highest BCUT2D eigenvalue weighted by molar-refractivity contribution is 5.95. The number of benzene rings is 2. The third-order valence-electron chi connectivity index (χ3n) is 3.80. The van der Waals surface area contributed by atoms with Crippen molar-refractivity contribution in [1.82, 2.24) is 0 Å². The highest BCUT2D eigenvalue weighted by Crippen LogP contribution is 2.50. The smallest absolute Gasteiger partial charge is 0.211 e. The van der Waals surface area contributed by atoms with Crippen LogP contribution in [0.25, 0.3) is 22.3 Å². The summed E-state index contributed by atoms with van der Waals surface area (Å²) in [6.45, 7) is 0. The summed E-state index contributed by atoms with van der Waals surface area (Å²) in [5, 5.41) is 20.3. The quantitative estimate of drug-likeness (QED) is 0.751. The minimum atomic E-state index is -0.517. The van der Waals surface area contributed by atoms with Crippen LogP contribution in [0.1, 0.15) is 0 Å². The first-order chi connectivity index (χ1) is 12.0. The Bertz CT molecular complexity index is 1000. The molecule has 130 valence electrons. The van der Waals surface area contributed by atoms with E-state index in [2.05, 4.69) is 0 Å². The first-order valence-electron chi connectivity index (χ1n) is 7.30. The lowest BCUT2D eigenvalue weighted by atomic mass is 10.1. The number of ether oxygens (including phenoxy) is 3. The van der Waals surface area contributed by atoms with Crippen molar-refractivity contribution in [1.29, 1.82) is 0 Å². The van der Waals surface area contributed by atoms with Gasteiger partial charge < -0.3 is 28.8 Å². The molecule has 0 atom stereocenters. The van der Waals surface area contributed by atoms with Gasteiger partial charge in [0.25, 0.3) is 0 Å². The summed E-state index contributed by atoms with van der Waals surface area (Å²) in [5.74, 6) is -0.175. The molecule has 3 aromatic rings. The number of aromatic hydroxyl groups is 2. The number of phenols is 2. The molecular weight excluding hydrogens is 328 g/mol. The van der Waals surface area contributed by atoms with Crippen LogP contribution in [0.5, 0.6) is 28.7 Å². The summed E-state index contributed by atoms with van der Waals surface area (Å²) >= 11 is 0. The minimum Gasteiger partial charge on any atom is -0.507 e. The lowest BCUT2D eigenvalue weighted by Crippen LogP contribution is -2.05. The number of hydrogen-bond donors (Lipinski definition) is 2. The van der Waals surface area contributed by atoms with Crippen LogP contribution >= 0.6 is 0 Å². The van der Waals surface area contributed by atoms with Gasteiger partial charge in [0.05, 0.1) is 26.9 Å². The van der Waals surface area contributed by atoms with Gasteiger partial charge in [-0.25, -0.2) is 0 Å².